The molecular weight excluding hydrogens is 267 g/mol. The minimum atomic E-state index is -0.211. The lowest BCUT2D eigenvalue weighted by molar-refractivity contribution is -0.121. The van der Waals surface area contributed by atoms with Gasteiger partial charge in [-0.2, -0.15) is 0 Å². The van der Waals surface area contributed by atoms with Gasteiger partial charge in [-0.1, -0.05) is 13.0 Å². The van der Waals surface area contributed by atoms with Crippen LogP contribution in [0.25, 0.3) is 0 Å². The fourth-order valence-corrected chi connectivity index (χ4v) is 2.94. The number of aryl methyl sites for hydroxylation is 1. The van der Waals surface area contributed by atoms with E-state index in [1.807, 2.05) is 6.92 Å². The van der Waals surface area contributed by atoms with Gasteiger partial charge >= 0.3 is 0 Å². The molecule has 1 aliphatic heterocycles. The van der Waals surface area contributed by atoms with E-state index in [1.54, 1.807) is 6.07 Å². The number of hydrogen-bond donors (Lipinski definition) is 2. The number of amides is 1. The van der Waals surface area contributed by atoms with Crippen molar-refractivity contribution >= 4 is 5.91 Å². The average molecular weight is 292 g/mol. The first-order valence-corrected chi connectivity index (χ1v) is 7.81. The predicted octanol–water partition coefficient (Wildman–Crippen LogP) is 2.57. The fourth-order valence-electron chi connectivity index (χ4n) is 2.94. The molecule has 1 aliphatic rings. The molecule has 1 aromatic carbocycles. The summed E-state index contributed by atoms with van der Waals surface area (Å²) in [5.41, 5.74) is 2.02. The zero-order chi connectivity index (χ0) is 15.2. The Morgan fingerprint density at radius 1 is 1.48 bits per heavy atom. The Balaban J connectivity index is 1.73. The summed E-state index contributed by atoms with van der Waals surface area (Å²) in [6, 6.07) is 5.09. The number of carbonyl (C=O) groups is 1. The van der Waals surface area contributed by atoms with Crippen molar-refractivity contribution in [3.63, 3.8) is 0 Å². The molecule has 1 fully saturated rings. The van der Waals surface area contributed by atoms with E-state index in [0.717, 1.165) is 24.1 Å². The highest BCUT2D eigenvalue weighted by Crippen LogP contribution is 2.17. The van der Waals surface area contributed by atoms with Crippen LogP contribution in [0.2, 0.25) is 0 Å². The lowest BCUT2D eigenvalue weighted by Crippen LogP contribution is -2.43. The smallest absolute Gasteiger partial charge is 0.221 e. The molecule has 1 aromatic rings. The first kappa shape index (κ1) is 16.0. The van der Waals surface area contributed by atoms with Gasteiger partial charge in [-0.25, -0.2) is 4.39 Å². The SMILES string of the molecule is Cc1cc(F)ccc1CCNC(=O)CC1NCCCC1C. The van der Waals surface area contributed by atoms with Crippen molar-refractivity contribution in [2.45, 2.75) is 45.6 Å². The Bertz CT molecular complexity index is 490. The third-order valence-corrected chi connectivity index (χ3v) is 4.36. The maximum atomic E-state index is 13.0. The van der Waals surface area contributed by atoms with Crippen LogP contribution in [0.3, 0.4) is 0 Å². The zero-order valence-electron chi connectivity index (χ0n) is 12.9. The molecule has 3 nitrogen and oxygen atoms in total. The van der Waals surface area contributed by atoms with Crippen LogP contribution < -0.4 is 10.6 Å². The number of halogens is 1. The van der Waals surface area contributed by atoms with Crippen LogP contribution in [0.1, 0.15) is 37.3 Å². The maximum Gasteiger partial charge on any atom is 0.221 e. The van der Waals surface area contributed by atoms with Gasteiger partial charge in [-0.05, 0) is 61.9 Å². The molecule has 2 unspecified atom stereocenters. The summed E-state index contributed by atoms with van der Waals surface area (Å²) in [4.78, 5) is 12.0. The normalized spacial score (nSPS) is 22.0. The van der Waals surface area contributed by atoms with Crippen LogP contribution in [-0.4, -0.2) is 25.0 Å². The number of rotatable bonds is 5. The molecule has 0 bridgehead atoms. The first-order valence-electron chi connectivity index (χ1n) is 7.81. The average Bonchev–Trinajstić information content (AvgIpc) is 2.44. The molecule has 0 aliphatic carbocycles. The van der Waals surface area contributed by atoms with Crippen molar-refractivity contribution in [2.75, 3.05) is 13.1 Å². The molecular formula is C17H25FN2O. The molecule has 21 heavy (non-hydrogen) atoms. The van der Waals surface area contributed by atoms with E-state index in [2.05, 4.69) is 17.6 Å². The Morgan fingerprint density at radius 3 is 3.00 bits per heavy atom. The van der Waals surface area contributed by atoms with Crippen molar-refractivity contribution in [1.29, 1.82) is 0 Å². The molecule has 0 radical (unpaired) electrons. The molecule has 1 saturated heterocycles. The Labute approximate surface area is 126 Å². The van der Waals surface area contributed by atoms with E-state index in [4.69, 9.17) is 0 Å². The second-order valence-electron chi connectivity index (χ2n) is 6.06. The van der Waals surface area contributed by atoms with Crippen molar-refractivity contribution in [3.8, 4) is 0 Å². The van der Waals surface area contributed by atoms with Gasteiger partial charge in [-0.3, -0.25) is 4.79 Å². The highest BCUT2D eigenvalue weighted by atomic mass is 19.1. The molecule has 2 N–H and O–H groups in total. The van der Waals surface area contributed by atoms with Gasteiger partial charge in [-0.15, -0.1) is 0 Å². The fraction of sp³-hybridized carbons (Fsp3) is 0.588. The van der Waals surface area contributed by atoms with Gasteiger partial charge in [0.25, 0.3) is 0 Å². The quantitative estimate of drug-likeness (QED) is 0.876. The van der Waals surface area contributed by atoms with Crippen LogP contribution in [0.15, 0.2) is 18.2 Å². The van der Waals surface area contributed by atoms with E-state index >= 15 is 0 Å². The van der Waals surface area contributed by atoms with E-state index in [9.17, 15) is 9.18 Å². The van der Waals surface area contributed by atoms with Gasteiger partial charge in [0.1, 0.15) is 5.82 Å². The molecule has 1 amide bonds. The van der Waals surface area contributed by atoms with E-state index < -0.39 is 0 Å². The molecule has 2 atom stereocenters. The number of hydrogen-bond acceptors (Lipinski definition) is 2. The van der Waals surface area contributed by atoms with E-state index in [-0.39, 0.29) is 11.7 Å². The summed E-state index contributed by atoms with van der Waals surface area (Å²) in [7, 11) is 0. The third-order valence-electron chi connectivity index (χ3n) is 4.36. The van der Waals surface area contributed by atoms with Gasteiger partial charge in [0.05, 0.1) is 0 Å². The lowest BCUT2D eigenvalue weighted by atomic mass is 9.90. The highest BCUT2D eigenvalue weighted by Gasteiger charge is 2.22. The van der Waals surface area contributed by atoms with Gasteiger partial charge < -0.3 is 10.6 Å². The number of carbonyl (C=O) groups excluding carboxylic acids is 1. The molecule has 1 heterocycles. The Kier molecular flexibility index (Phi) is 5.74. The van der Waals surface area contributed by atoms with E-state index in [0.29, 0.717) is 24.9 Å². The second kappa shape index (κ2) is 7.55. The molecule has 2 rings (SSSR count). The number of benzene rings is 1. The molecule has 0 spiro atoms. The monoisotopic (exact) mass is 292 g/mol. The summed E-state index contributed by atoms with van der Waals surface area (Å²) in [6.07, 6.45) is 3.68. The summed E-state index contributed by atoms with van der Waals surface area (Å²) in [6.45, 7) is 5.71. The standard InChI is InChI=1S/C17H25FN2O/c1-12-4-3-8-19-16(12)11-17(21)20-9-7-14-5-6-15(18)10-13(14)2/h5-6,10,12,16,19H,3-4,7-9,11H2,1-2H3,(H,20,21). The van der Waals surface area contributed by atoms with Gasteiger partial charge in [0.2, 0.25) is 5.91 Å². The largest absolute Gasteiger partial charge is 0.356 e. The van der Waals surface area contributed by atoms with Crippen LogP contribution in [-0.2, 0) is 11.2 Å². The minimum absolute atomic E-state index is 0.0982. The van der Waals surface area contributed by atoms with Gasteiger partial charge in [0.15, 0.2) is 0 Å². The second-order valence-corrected chi connectivity index (χ2v) is 6.06. The minimum Gasteiger partial charge on any atom is -0.356 e. The molecule has 116 valence electrons. The third kappa shape index (κ3) is 4.81. The molecule has 0 saturated carbocycles. The first-order chi connectivity index (χ1) is 10.1. The maximum absolute atomic E-state index is 13.0. The lowest BCUT2D eigenvalue weighted by Gasteiger charge is -2.29. The Morgan fingerprint density at radius 2 is 2.29 bits per heavy atom. The van der Waals surface area contributed by atoms with Crippen LogP contribution in [0, 0.1) is 18.7 Å². The van der Waals surface area contributed by atoms with Crippen molar-refractivity contribution in [2.24, 2.45) is 5.92 Å². The van der Waals surface area contributed by atoms with E-state index in [1.165, 1.54) is 25.0 Å². The Hall–Kier alpha value is -1.42. The number of piperidine rings is 1. The van der Waals surface area contributed by atoms with Crippen molar-refractivity contribution in [1.82, 2.24) is 10.6 Å². The summed E-state index contributed by atoms with van der Waals surface area (Å²) in [5, 5.41) is 6.39. The summed E-state index contributed by atoms with van der Waals surface area (Å²) >= 11 is 0. The van der Waals surface area contributed by atoms with Crippen molar-refractivity contribution in [3.05, 3.63) is 35.1 Å². The molecule has 4 heteroatoms. The predicted molar refractivity (Wildman–Crippen MR) is 82.7 cm³/mol. The van der Waals surface area contributed by atoms with Crippen LogP contribution in [0.5, 0.6) is 0 Å². The highest BCUT2D eigenvalue weighted by molar-refractivity contribution is 5.76. The molecule has 0 aromatic heterocycles. The topological polar surface area (TPSA) is 41.1 Å². The number of nitrogens with one attached hydrogen (secondary N) is 2. The zero-order valence-corrected chi connectivity index (χ0v) is 12.9. The van der Waals surface area contributed by atoms with Crippen LogP contribution >= 0.6 is 0 Å². The summed E-state index contributed by atoms with van der Waals surface area (Å²) in [5.74, 6) is 0.447. The van der Waals surface area contributed by atoms with Gasteiger partial charge in [0, 0.05) is 19.0 Å². The van der Waals surface area contributed by atoms with Crippen molar-refractivity contribution < 1.29 is 9.18 Å². The summed E-state index contributed by atoms with van der Waals surface area (Å²) < 4.78 is 13.0. The van der Waals surface area contributed by atoms with Crippen LogP contribution in [0.4, 0.5) is 4.39 Å².